The highest BCUT2D eigenvalue weighted by Gasteiger charge is 2.08. The molecule has 1 aromatic carbocycles. The summed E-state index contributed by atoms with van der Waals surface area (Å²) in [5, 5.41) is 3.22. The van der Waals surface area contributed by atoms with Crippen molar-refractivity contribution in [2.45, 2.75) is 33.5 Å². The van der Waals surface area contributed by atoms with Gasteiger partial charge in [0.05, 0.1) is 0 Å². The van der Waals surface area contributed by atoms with E-state index in [4.69, 9.17) is 0 Å². The van der Waals surface area contributed by atoms with E-state index in [1.807, 2.05) is 18.4 Å². The molecule has 1 N–H and O–H groups in total. The van der Waals surface area contributed by atoms with Crippen LogP contribution in [0, 0.1) is 13.8 Å². The number of benzene rings is 1. The summed E-state index contributed by atoms with van der Waals surface area (Å²) in [6, 6.07) is 11.1. The molecule has 2 nitrogen and oxygen atoms in total. The van der Waals surface area contributed by atoms with E-state index in [1.54, 1.807) is 0 Å². The molecule has 0 aliphatic rings. The number of thiophene rings is 1. The van der Waals surface area contributed by atoms with Crippen molar-refractivity contribution in [1.82, 2.24) is 10.2 Å². The van der Waals surface area contributed by atoms with Crippen LogP contribution in [-0.4, -0.2) is 19.0 Å². The van der Waals surface area contributed by atoms with Crippen LogP contribution in [0.3, 0.4) is 0 Å². The molecule has 0 unspecified atom stereocenters. The summed E-state index contributed by atoms with van der Waals surface area (Å²) in [6.07, 6.45) is 0. The van der Waals surface area contributed by atoms with Gasteiger partial charge < -0.3 is 5.32 Å². The van der Waals surface area contributed by atoms with Gasteiger partial charge in [-0.25, -0.2) is 0 Å². The molecule has 0 saturated carbocycles. The van der Waals surface area contributed by atoms with Crippen LogP contribution >= 0.6 is 11.3 Å². The minimum atomic E-state index is 0.965. The van der Waals surface area contributed by atoms with Gasteiger partial charge in [0.2, 0.25) is 0 Å². The molecule has 3 heteroatoms. The number of nitrogens with one attached hydrogen (secondary N) is 1. The Labute approximate surface area is 126 Å². The summed E-state index contributed by atoms with van der Waals surface area (Å²) in [5.41, 5.74) is 4.17. The lowest BCUT2D eigenvalue weighted by molar-refractivity contribution is 0.319. The maximum Gasteiger partial charge on any atom is 0.0296 e. The summed E-state index contributed by atoms with van der Waals surface area (Å²) < 4.78 is 0. The van der Waals surface area contributed by atoms with Crippen molar-refractivity contribution < 1.29 is 0 Å². The molecule has 0 fully saturated rings. The Morgan fingerprint density at radius 3 is 2.65 bits per heavy atom. The van der Waals surface area contributed by atoms with E-state index < -0.39 is 0 Å². The Balaban J connectivity index is 1.99. The van der Waals surface area contributed by atoms with Gasteiger partial charge in [0.1, 0.15) is 0 Å². The van der Waals surface area contributed by atoms with Gasteiger partial charge >= 0.3 is 0 Å². The molecular formula is C17H24N2S. The number of aryl methyl sites for hydroxylation is 2. The Bertz CT molecular complexity index is 560. The first kappa shape index (κ1) is 15.2. The lowest BCUT2D eigenvalue weighted by atomic mass is 10.1. The van der Waals surface area contributed by atoms with Gasteiger partial charge in [0.15, 0.2) is 0 Å². The number of nitrogens with zero attached hydrogens (tertiary/aromatic N) is 1. The van der Waals surface area contributed by atoms with E-state index in [-0.39, 0.29) is 0 Å². The summed E-state index contributed by atoms with van der Waals surface area (Å²) >= 11 is 1.90. The highest BCUT2D eigenvalue weighted by atomic mass is 32.1. The Hall–Kier alpha value is -1.16. The third-order valence-electron chi connectivity index (χ3n) is 3.40. The van der Waals surface area contributed by atoms with Gasteiger partial charge in [-0.1, -0.05) is 29.8 Å². The lowest BCUT2D eigenvalue weighted by Crippen LogP contribution is -2.17. The van der Waals surface area contributed by atoms with Crippen molar-refractivity contribution in [2.24, 2.45) is 0 Å². The molecule has 1 heterocycles. The quantitative estimate of drug-likeness (QED) is 0.871. The average Bonchev–Trinajstić information content (AvgIpc) is 2.70. The van der Waals surface area contributed by atoms with Gasteiger partial charge in [-0.15, -0.1) is 11.3 Å². The van der Waals surface area contributed by atoms with Crippen LogP contribution in [0.1, 0.15) is 26.4 Å². The molecule has 2 rings (SSSR count). The monoisotopic (exact) mass is 288 g/mol. The summed E-state index contributed by atoms with van der Waals surface area (Å²) in [5.74, 6) is 0. The fourth-order valence-electron chi connectivity index (χ4n) is 2.47. The van der Waals surface area contributed by atoms with Crippen LogP contribution in [-0.2, 0) is 19.6 Å². The highest BCUT2D eigenvalue weighted by molar-refractivity contribution is 7.12. The lowest BCUT2D eigenvalue weighted by Gasteiger charge is -2.17. The Morgan fingerprint density at radius 1 is 1.15 bits per heavy atom. The van der Waals surface area contributed by atoms with E-state index in [2.05, 4.69) is 61.4 Å². The molecule has 20 heavy (non-hydrogen) atoms. The summed E-state index contributed by atoms with van der Waals surface area (Å²) in [7, 11) is 4.19. The largest absolute Gasteiger partial charge is 0.315 e. The number of hydrogen-bond acceptors (Lipinski definition) is 3. The molecule has 0 bridgehead atoms. The van der Waals surface area contributed by atoms with Crippen molar-refractivity contribution in [3.8, 4) is 0 Å². The molecule has 2 aromatic rings. The van der Waals surface area contributed by atoms with E-state index >= 15 is 0 Å². The highest BCUT2D eigenvalue weighted by Crippen LogP contribution is 2.23. The van der Waals surface area contributed by atoms with Gasteiger partial charge in [0, 0.05) is 29.4 Å². The fraction of sp³-hybridized carbons (Fsp3) is 0.412. The van der Waals surface area contributed by atoms with Crippen molar-refractivity contribution >= 4 is 11.3 Å². The molecule has 0 saturated heterocycles. The summed E-state index contributed by atoms with van der Waals surface area (Å²) in [6.45, 7) is 7.35. The topological polar surface area (TPSA) is 15.3 Å². The van der Waals surface area contributed by atoms with E-state index in [0.29, 0.717) is 0 Å². The molecule has 0 aliphatic carbocycles. The second-order valence-corrected chi connectivity index (χ2v) is 6.83. The van der Waals surface area contributed by atoms with E-state index in [1.165, 1.54) is 26.4 Å². The van der Waals surface area contributed by atoms with Crippen molar-refractivity contribution in [3.63, 3.8) is 0 Å². The molecule has 0 aliphatic heterocycles. The van der Waals surface area contributed by atoms with E-state index in [9.17, 15) is 0 Å². The SMILES string of the molecule is CNCc1cc(CN(C)Cc2cccc(C)c2)c(C)s1. The van der Waals surface area contributed by atoms with Crippen molar-refractivity contribution in [3.05, 3.63) is 56.8 Å². The smallest absolute Gasteiger partial charge is 0.0296 e. The van der Waals surface area contributed by atoms with E-state index in [0.717, 1.165) is 19.6 Å². The minimum Gasteiger partial charge on any atom is -0.315 e. The second-order valence-electron chi connectivity index (χ2n) is 5.49. The molecule has 0 atom stereocenters. The predicted molar refractivity (Wildman–Crippen MR) is 88.2 cm³/mol. The minimum absolute atomic E-state index is 0.965. The zero-order valence-corrected chi connectivity index (χ0v) is 13.7. The molecule has 108 valence electrons. The van der Waals surface area contributed by atoms with Crippen LogP contribution in [0.15, 0.2) is 30.3 Å². The van der Waals surface area contributed by atoms with Gasteiger partial charge in [-0.2, -0.15) is 0 Å². The van der Waals surface area contributed by atoms with Crippen LogP contribution < -0.4 is 5.32 Å². The first-order valence-electron chi connectivity index (χ1n) is 7.05. The fourth-order valence-corrected chi connectivity index (χ4v) is 3.54. The standard InChI is InChI=1S/C17H24N2S/c1-13-6-5-7-15(8-13)11-19(4)12-16-9-17(10-18-3)20-14(16)2/h5-9,18H,10-12H2,1-4H3. The normalized spacial score (nSPS) is 11.2. The zero-order chi connectivity index (χ0) is 14.5. The maximum absolute atomic E-state index is 3.22. The molecular weight excluding hydrogens is 264 g/mol. The first-order valence-corrected chi connectivity index (χ1v) is 7.87. The summed E-state index contributed by atoms with van der Waals surface area (Å²) in [4.78, 5) is 5.24. The maximum atomic E-state index is 3.22. The predicted octanol–water partition coefficient (Wildman–Crippen LogP) is 3.72. The van der Waals surface area contributed by atoms with Crippen LogP contribution in [0.5, 0.6) is 0 Å². The molecule has 0 radical (unpaired) electrons. The molecule has 0 amide bonds. The van der Waals surface area contributed by atoms with Crippen LogP contribution in [0.4, 0.5) is 0 Å². The number of rotatable bonds is 6. The van der Waals surface area contributed by atoms with Crippen molar-refractivity contribution in [2.75, 3.05) is 14.1 Å². The number of hydrogen-bond donors (Lipinski definition) is 1. The van der Waals surface area contributed by atoms with Crippen molar-refractivity contribution in [1.29, 1.82) is 0 Å². The van der Waals surface area contributed by atoms with Gasteiger partial charge in [-0.3, -0.25) is 4.90 Å². The molecule has 0 spiro atoms. The van der Waals surface area contributed by atoms with Gasteiger partial charge in [-0.05, 0) is 45.1 Å². The molecule has 1 aromatic heterocycles. The Morgan fingerprint density at radius 2 is 1.95 bits per heavy atom. The van der Waals surface area contributed by atoms with Gasteiger partial charge in [0.25, 0.3) is 0 Å². The third-order valence-corrected chi connectivity index (χ3v) is 4.49. The van der Waals surface area contributed by atoms with Crippen LogP contribution in [0.25, 0.3) is 0 Å². The first-order chi connectivity index (χ1) is 9.58. The van der Waals surface area contributed by atoms with Crippen LogP contribution in [0.2, 0.25) is 0 Å². The third kappa shape index (κ3) is 4.17. The Kier molecular flexibility index (Phi) is 5.35. The second kappa shape index (κ2) is 7.02. The zero-order valence-electron chi connectivity index (χ0n) is 12.9. The average molecular weight is 288 g/mol.